The van der Waals surface area contributed by atoms with Crippen LogP contribution in [-0.4, -0.2) is 29.9 Å². The number of hydrogen-bond acceptors (Lipinski definition) is 5. The van der Waals surface area contributed by atoms with Crippen molar-refractivity contribution in [3.05, 3.63) is 70.7 Å². The molecule has 0 spiro atoms. The highest BCUT2D eigenvalue weighted by Gasteiger charge is 2.40. The fourth-order valence-corrected chi connectivity index (χ4v) is 3.24. The Bertz CT molecular complexity index is 837. The highest BCUT2D eigenvalue weighted by molar-refractivity contribution is 6.30. The van der Waals surface area contributed by atoms with Crippen LogP contribution in [0.5, 0.6) is 0 Å². The lowest BCUT2D eigenvalue weighted by molar-refractivity contribution is -0.167. The number of carbonyl (C=O) groups excluding carboxylic acids is 3. The molecule has 0 aromatic heterocycles. The molecule has 30 heavy (non-hydrogen) atoms. The van der Waals surface area contributed by atoms with Gasteiger partial charge in [0.05, 0.1) is 12.2 Å². The third-order valence-corrected chi connectivity index (χ3v) is 4.67. The normalized spacial score (nSPS) is 12.1. The topological polar surface area (TPSA) is 69.7 Å². The van der Waals surface area contributed by atoms with Gasteiger partial charge in [0.15, 0.2) is 11.7 Å². The molecule has 0 N–H and O–H groups in total. The maximum absolute atomic E-state index is 13.0. The Kier molecular flexibility index (Phi) is 8.60. The maximum Gasteiger partial charge on any atom is 0.321 e. The van der Waals surface area contributed by atoms with E-state index in [0.29, 0.717) is 16.1 Å². The summed E-state index contributed by atoms with van der Waals surface area (Å²) in [6, 6.07) is 15.5. The van der Waals surface area contributed by atoms with Crippen molar-refractivity contribution in [3.8, 4) is 0 Å². The van der Waals surface area contributed by atoms with Crippen molar-refractivity contribution in [2.24, 2.45) is 5.92 Å². The van der Waals surface area contributed by atoms with E-state index in [1.165, 1.54) is 0 Å². The summed E-state index contributed by atoms with van der Waals surface area (Å²) in [5, 5.41) is 0.512. The molecule has 0 unspecified atom stereocenters. The Morgan fingerprint density at radius 2 is 1.30 bits per heavy atom. The van der Waals surface area contributed by atoms with Crippen molar-refractivity contribution in [1.82, 2.24) is 0 Å². The number of carbonyl (C=O) groups is 3. The van der Waals surface area contributed by atoms with Crippen molar-refractivity contribution in [2.45, 2.75) is 52.2 Å². The summed E-state index contributed by atoms with van der Waals surface area (Å²) in [7, 11) is 0. The maximum atomic E-state index is 13.0. The molecule has 2 aromatic rings. The number of benzene rings is 2. The molecule has 6 heteroatoms. The number of halogens is 1. The van der Waals surface area contributed by atoms with Crippen LogP contribution in [-0.2, 0) is 19.1 Å². The number of hydrogen-bond donors (Lipinski definition) is 0. The minimum atomic E-state index is -1.27. The first kappa shape index (κ1) is 23.6. The van der Waals surface area contributed by atoms with E-state index in [1.807, 2.05) is 6.07 Å². The average molecular weight is 431 g/mol. The second-order valence-electron chi connectivity index (χ2n) is 7.60. The number of Topliss-reactive ketones (excluding diaryl/α,β-unsaturated/α-hetero) is 1. The molecule has 5 nitrogen and oxygen atoms in total. The zero-order chi connectivity index (χ0) is 22.3. The lowest BCUT2D eigenvalue weighted by Crippen LogP contribution is -2.36. The van der Waals surface area contributed by atoms with E-state index in [0.717, 1.165) is 0 Å². The summed E-state index contributed by atoms with van der Waals surface area (Å²) in [5.74, 6) is -3.64. The lowest BCUT2D eigenvalue weighted by atomic mass is 9.81. The van der Waals surface area contributed by atoms with Gasteiger partial charge >= 0.3 is 11.9 Å². The van der Waals surface area contributed by atoms with Crippen LogP contribution in [0.2, 0.25) is 5.02 Å². The third kappa shape index (κ3) is 6.70. The molecule has 1 atom stereocenters. The molecule has 0 aliphatic rings. The Hall–Kier alpha value is -2.66. The van der Waals surface area contributed by atoms with E-state index in [4.69, 9.17) is 21.1 Å². The van der Waals surface area contributed by atoms with Gasteiger partial charge in [0.25, 0.3) is 0 Å². The predicted molar refractivity (Wildman–Crippen MR) is 116 cm³/mol. The van der Waals surface area contributed by atoms with E-state index in [-0.39, 0.29) is 12.2 Å². The molecule has 0 amide bonds. The predicted octanol–water partition coefficient (Wildman–Crippen LogP) is 5.22. The zero-order valence-electron chi connectivity index (χ0n) is 17.6. The molecule has 0 radical (unpaired) electrons. The Labute approximate surface area is 182 Å². The summed E-state index contributed by atoms with van der Waals surface area (Å²) in [5.41, 5.74) is 1.14. The monoisotopic (exact) mass is 430 g/mol. The summed E-state index contributed by atoms with van der Waals surface area (Å²) >= 11 is 6.01. The minimum Gasteiger partial charge on any atom is -0.462 e. The van der Waals surface area contributed by atoms with Gasteiger partial charge in [0, 0.05) is 22.9 Å². The van der Waals surface area contributed by atoms with Crippen LogP contribution in [0.15, 0.2) is 54.6 Å². The molecule has 0 heterocycles. The van der Waals surface area contributed by atoms with Gasteiger partial charge in [0.1, 0.15) is 0 Å². The fraction of sp³-hybridized carbons (Fsp3) is 0.375. The van der Waals surface area contributed by atoms with Crippen molar-refractivity contribution in [1.29, 1.82) is 0 Å². The molecule has 0 fully saturated rings. The molecule has 2 aromatic carbocycles. The van der Waals surface area contributed by atoms with E-state index >= 15 is 0 Å². The van der Waals surface area contributed by atoms with Crippen LogP contribution in [0.4, 0.5) is 0 Å². The van der Waals surface area contributed by atoms with Gasteiger partial charge in [-0.3, -0.25) is 14.4 Å². The number of ketones is 1. The minimum absolute atomic E-state index is 0.0588. The first-order valence-corrected chi connectivity index (χ1v) is 10.3. The smallest absolute Gasteiger partial charge is 0.321 e. The first-order valence-electron chi connectivity index (χ1n) is 9.93. The van der Waals surface area contributed by atoms with Crippen LogP contribution in [0.1, 0.15) is 56.0 Å². The van der Waals surface area contributed by atoms with E-state index in [2.05, 4.69) is 0 Å². The van der Waals surface area contributed by atoms with Gasteiger partial charge in [-0.2, -0.15) is 0 Å². The SMILES string of the molecule is CC(C)OC(=O)C(C(=O)OC(C)C)[C@H](CC(=O)c1ccccc1)c1ccc(Cl)cc1. The summed E-state index contributed by atoms with van der Waals surface area (Å²) in [4.78, 5) is 38.8. The van der Waals surface area contributed by atoms with Crippen LogP contribution >= 0.6 is 11.6 Å². The summed E-state index contributed by atoms with van der Waals surface area (Å²) in [6.07, 6.45) is -0.887. The molecule has 160 valence electrons. The van der Waals surface area contributed by atoms with Crippen LogP contribution in [0.3, 0.4) is 0 Å². The number of esters is 2. The van der Waals surface area contributed by atoms with Gasteiger partial charge in [-0.05, 0) is 45.4 Å². The van der Waals surface area contributed by atoms with Crippen LogP contribution in [0, 0.1) is 5.92 Å². The quantitative estimate of drug-likeness (QED) is 0.310. The molecular weight excluding hydrogens is 404 g/mol. The second-order valence-corrected chi connectivity index (χ2v) is 8.04. The summed E-state index contributed by atoms with van der Waals surface area (Å²) < 4.78 is 10.7. The highest BCUT2D eigenvalue weighted by Crippen LogP contribution is 2.33. The number of ether oxygens (including phenoxy) is 2. The molecule has 0 aliphatic heterocycles. The first-order chi connectivity index (χ1) is 14.2. The number of rotatable bonds is 9. The standard InChI is InChI=1S/C24H27ClO5/c1-15(2)29-23(27)22(24(28)30-16(3)4)20(17-10-12-19(25)13-11-17)14-21(26)18-8-6-5-7-9-18/h5-13,15-16,20,22H,14H2,1-4H3/t20-/m1/s1. The molecular formula is C24H27ClO5. The summed E-state index contributed by atoms with van der Waals surface area (Å²) in [6.45, 7) is 6.81. The molecule has 0 aliphatic carbocycles. The van der Waals surface area contributed by atoms with Crippen molar-refractivity contribution < 1.29 is 23.9 Å². The van der Waals surface area contributed by atoms with Crippen LogP contribution in [0.25, 0.3) is 0 Å². The molecule has 0 bridgehead atoms. The van der Waals surface area contributed by atoms with E-state index in [1.54, 1.807) is 76.2 Å². The second kappa shape index (κ2) is 10.9. The average Bonchev–Trinajstić information content (AvgIpc) is 2.67. The Balaban J connectivity index is 2.47. The Morgan fingerprint density at radius 3 is 1.77 bits per heavy atom. The van der Waals surface area contributed by atoms with Gasteiger partial charge in [-0.1, -0.05) is 54.1 Å². The van der Waals surface area contributed by atoms with Crippen molar-refractivity contribution in [3.63, 3.8) is 0 Å². The van der Waals surface area contributed by atoms with Crippen molar-refractivity contribution in [2.75, 3.05) is 0 Å². The van der Waals surface area contributed by atoms with Gasteiger partial charge in [-0.25, -0.2) is 0 Å². The lowest BCUT2D eigenvalue weighted by Gasteiger charge is -2.26. The van der Waals surface area contributed by atoms with E-state index < -0.39 is 36.0 Å². The third-order valence-electron chi connectivity index (χ3n) is 4.41. The Morgan fingerprint density at radius 1 is 0.800 bits per heavy atom. The molecule has 2 rings (SSSR count). The van der Waals surface area contributed by atoms with Crippen LogP contribution < -0.4 is 0 Å². The fourth-order valence-electron chi connectivity index (χ4n) is 3.12. The highest BCUT2D eigenvalue weighted by atomic mass is 35.5. The molecule has 0 saturated carbocycles. The van der Waals surface area contributed by atoms with Gasteiger partial charge in [-0.15, -0.1) is 0 Å². The van der Waals surface area contributed by atoms with Gasteiger partial charge in [0.2, 0.25) is 0 Å². The largest absolute Gasteiger partial charge is 0.462 e. The van der Waals surface area contributed by atoms with Crippen molar-refractivity contribution >= 4 is 29.3 Å². The molecule has 0 saturated heterocycles. The van der Waals surface area contributed by atoms with E-state index in [9.17, 15) is 14.4 Å². The van der Waals surface area contributed by atoms with Gasteiger partial charge < -0.3 is 9.47 Å². The zero-order valence-corrected chi connectivity index (χ0v) is 18.4.